The van der Waals surface area contributed by atoms with E-state index in [1.54, 1.807) is 30.2 Å². The average molecular weight is 437 g/mol. The molecule has 0 saturated carbocycles. The first-order chi connectivity index (χ1) is 15.4. The summed E-state index contributed by atoms with van der Waals surface area (Å²) in [6, 6.07) is 11.0. The zero-order valence-corrected chi connectivity index (χ0v) is 18.9. The second-order valence-corrected chi connectivity index (χ2v) is 8.25. The molecule has 7 heteroatoms. The van der Waals surface area contributed by atoms with E-state index in [0.717, 1.165) is 24.2 Å². The highest BCUT2D eigenvalue weighted by atomic mass is 16.5. The third-order valence-corrected chi connectivity index (χ3v) is 5.83. The Morgan fingerprint density at radius 2 is 1.75 bits per heavy atom. The van der Waals surface area contributed by atoms with Gasteiger partial charge in [0.2, 0.25) is 11.2 Å². The summed E-state index contributed by atoms with van der Waals surface area (Å²) in [6.45, 7) is 6.56. The second kappa shape index (κ2) is 9.04. The van der Waals surface area contributed by atoms with Crippen molar-refractivity contribution in [1.82, 2.24) is 9.80 Å². The first-order valence-electron chi connectivity index (χ1n) is 10.7. The van der Waals surface area contributed by atoms with E-state index in [4.69, 9.17) is 13.9 Å². The van der Waals surface area contributed by atoms with Crippen LogP contribution in [-0.2, 0) is 4.79 Å². The smallest absolute Gasteiger partial charge is 0.260 e. The van der Waals surface area contributed by atoms with Gasteiger partial charge in [0.25, 0.3) is 5.91 Å². The number of amides is 1. The zero-order valence-electron chi connectivity index (χ0n) is 18.9. The van der Waals surface area contributed by atoms with Gasteiger partial charge in [0.15, 0.2) is 12.4 Å². The summed E-state index contributed by atoms with van der Waals surface area (Å²) >= 11 is 0. The Balaban J connectivity index is 1.74. The van der Waals surface area contributed by atoms with Crippen LogP contribution in [0.1, 0.15) is 11.1 Å². The Morgan fingerprint density at radius 1 is 1.06 bits per heavy atom. The lowest BCUT2D eigenvalue weighted by Gasteiger charge is -2.32. The van der Waals surface area contributed by atoms with Crippen molar-refractivity contribution in [2.24, 2.45) is 0 Å². The minimum Gasteiger partial charge on any atom is -0.497 e. The lowest BCUT2D eigenvalue weighted by Crippen LogP contribution is -2.48. The van der Waals surface area contributed by atoms with E-state index in [1.807, 2.05) is 39.1 Å². The van der Waals surface area contributed by atoms with Gasteiger partial charge in [0, 0.05) is 31.7 Å². The summed E-state index contributed by atoms with van der Waals surface area (Å²) in [5.41, 5.74) is 2.73. The summed E-state index contributed by atoms with van der Waals surface area (Å²) in [5, 5.41) is 0.446. The van der Waals surface area contributed by atoms with Gasteiger partial charge in [0.05, 0.1) is 12.5 Å². The van der Waals surface area contributed by atoms with Crippen LogP contribution in [0.2, 0.25) is 0 Å². The van der Waals surface area contributed by atoms with Gasteiger partial charge in [0.1, 0.15) is 11.3 Å². The number of methoxy groups -OCH3 is 1. The number of hydrogen-bond donors (Lipinski definition) is 0. The molecule has 1 saturated heterocycles. The van der Waals surface area contributed by atoms with E-state index < -0.39 is 0 Å². The Kier molecular flexibility index (Phi) is 6.19. The molecule has 0 bridgehead atoms. The second-order valence-electron chi connectivity index (χ2n) is 8.25. The highest BCUT2D eigenvalue weighted by Gasteiger charge is 2.23. The van der Waals surface area contributed by atoms with Gasteiger partial charge < -0.3 is 23.7 Å². The van der Waals surface area contributed by atoms with Crippen LogP contribution in [0, 0.1) is 13.8 Å². The number of likely N-dealkylation sites (N-methyl/N-ethyl adjacent to an activating group) is 1. The standard InChI is InChI=1S/C25H28N2O5/c1-16-13-17(2)23-20(14-16)22(29)25(24(32-23)18-5-7-19(30-4)8-6-18)31-15-21(28)27-11-9-26(3)10-12-27/h5-8,13-14H,9-12,15H2,1-4H3. The molecule has 1 aliphatic rings. The van der Waals surface area contributed by atoms with Gasteiger partial charge in [-0.3, -0.25) is 9.59 Å². The predicted molar refractivity (Wildman–Crippen MR) is 124 cm³/mol. The van der Waals surface area contributed by atoms with E-state index in [9.17, 15) is 9.59 Å². The summed E-state index contributed by atoms with van der Waals surface area (Å²) in [6.07, 6.45) is 0. The van der Waals surface area contributed by atoms with E-state index in [0.29, 0.717) is 41.1 Å². The van der Waals surface area contributed by atoms with Crippen molar-refractivity contribution >= 4 is 16.9 Å². The Morgan fingerprint density at radius 3 is 2.41 bits per heavy atom. The van der Waals surface area contributed by atoms with Crippen LogP contribution in [0.3, 0.4) is 0 Å². The Labute approximate surface area is 187 Å². The minimum absolute atomic E-state index is 0.0511. The van der Waals surface area contributed by atoms with E-state index in [1.165, 1.54) is 0 Å². The molecular weight excluding hydrogens is 408 g/mol. The van der Waals surface area contributed by atoms with Gasteiger partial charge in [-0.2, -0.15) is 0 Å². The maximum atomic E-state index is 13.4. The van der Waals surface area contributed by atoms with Crippen LogP contribution in [0.4, 0.5) is 0 Å². The van der Waals surface area contributed by atoms with Crippen LogP contribution in [0.15, 0.2) is 45.6 Å². The number of piperazine rings is 1. The SMILES string of the molecule is COc1ccc(-c2oc3c(C)cc(C)cc3c(=O)c2OCC(=O)N2CCN(C)CC2)cc1. The summed E-state index contributed by atoms with van der Waals surface area (Å²) < 4.78 is 17.3. The first-order valence-corrected chi connectivity index (χ1v) is 10.7. The van der Waals surface area contributed by atoms with Crippen molar-refractivity contribution in [1.29, 1.82) is 0 Å². The number of carbonyl (C=O) groups is 1. The van der Waals surface area contributed by atoms with Crippen molar-refractivity contribution in [3.8, 4) is 22.8 Å². The molecule has 7 nitrogen and oxygen atoms in total. The average Bonchev–Trinajstić information content (AvgIpc) is 2.79. The topological polar surface area (TPSA) is 72.2 Å². The molecule has 0 unspecified atom stereocenters. The summed E-state index contributed by atoms with van der Waals surface area (Å²) in [4.78, 5) is 30.1. The molecule has 4 rings (SSSR count). The predicted octanol–water partition coefficient (Wildman–Crippen LogP) is 3.24. The molecule has 0 aliphatic carbocycles. The third kappa shape index (κ3) is 4.34. The van der Waals surface area contributed by atoms with E-state index >= 15 is 0 Å². The number of benzene rings is 2. The molecule has 1 aromatic heterocycles. The van der Waals surface area contributed by atoms with Crippen molar-refractivity contribution in [2.75, 3.05) is 46.9 Å². The quantitative estimate of drug-likeness (QED) is 0.612. The minimum atomic E-state index is -0.282. The van der Waals surface area contributed by atoms with Crippen molar-refractivity contribution < 1.29 is 18.7 Å². The molecule has 0 atom stereocenters. The van der Waals surface area contributed by atoms with Crippen molar-refractivity contribution in [3.05, 3.63) is 57.7 Å². The molecule has 3 aromatic rings. The van der Waals surface area contributed by atoms with Crippen LogP contribution in [0.5, 0.6) is 11.5 Å². The first kappa shape index (κ1) is 21.9. The number of ether oxygens (including phenoxy) is 2. The van der Waals surface area contributed by atoms with Crippen molar-refractivity contribution in [2.45, 2.75) is 13.8 Å². The molecule has 0 spiro atoms. The highest BCUT2D eigenvalue weighted by Crippen LogP contribution is 2.33. The number of carbonyl (C=O) groups excluding carboxylic acids is 1. The molecule has 0 radical (unpaired) electrons. The molecule has 1 amide bonds. The fourth-order valence-electron chi connectivity index (χ4n) is 3.98. The molecule has 168 valence electrons. The van der Waals surface area contributed by atoms with Crippen molar-refractivity contribution in [3.63, 3.8) is 0 Å². The molecule has 1 aliphatic heterocycles. The molecule has 32 heavy (non-hydrogen) atoms. The van der Waals surface area contributed by atoms with E-state index in [-0.39, 0.29) is 23.7 Å². The van der Waals surface area contributed by atoms with Gasteiger partial charge >= 0.3 is 0 Å². The maximum Gasteiger partial charge on any atom is 0.260 e. The number of rotatable bonds is 5. The largest absolute Gasteiger partial charge is 0.497 e. The monoisotopic (exact) mass is 436 g/mol. The third-order valence-electron chi connectivity index (χ3n) is 5.83. The molecule has 2 heterocycles. The normalized spacial score (nSPS) is 14.6. The van der Waals surface area contributed by atoms with Crippen LogP contribution < -0.4 is 14.9 Å². The van der Waals surface area contributed by atoms with Gasteiger partial charge in [-0.15, -0.1) is 0 Å². The Hall–Kier alpha value is -3.32. The van der Waals surface area contributed by atoms with Crippen LogP contribution in [0.25, 0.3) is 22.3 Å². The van der Waals surface area contributed by atoms with Gasteiger partial charge in [-0.1, -0.05) is 6.07 Å². The fraction of sp³-hybridized carbons (Fsp3) is 0.360. The lowest BCUT2D eigenvalue weighted by molar-refractivity contribution is -0.134. The fourth-order valence-corrected chi connectivity index (χ4v) is 3.98. The van der Waals surface area contributed by atoms with Crippen LogP contribution in [-0.4, -0.2) is 62.7 Å². The van der Waals surface area contributed by atoms with Gasteiger partial charge in [-0.25, -0.2) is 0 Å². The summed E-state index contributed by atoms with van der Waals surface area (Å²) in [7, 11) is 3.62. The number of hydrogen-bond acceptors (Lipinski definition) is 6. The zero-order chi connectivity index (χ0) is 22.8. The maximum absolute atomic E-state index is 13.4. The molecule has 0 N–H and O–H groups in total. The van der Waals surface area contributed by atoms with Gasteiger partial charge in [-0.05, 0) is 62.4 Å². The number of nitrogens with zero attached hydrogens (tertiary/aromatic N) is 2. The molecule has 1 fully saturated rings. The number of fused-ring (bicyclic) bond motifs is 1. The lowest BCUT2D eigenvalue weighted by atomic mass is 10.1. The van der Waals surface area contributed by atoms with E-state index in [2.05, 4.69) is 4.90 Å². The highest BCUT2D eigenvalue weighted by molar-refractivity contribution is 5.85. The van der Waals surface area contributed by atoms with Crippen LogP contribution >= 0.6 is 0 Å². The molecule has 2 aromatic carbocycles. The molecular formula is C25H28N2O5. The number of aryl methyl sites for hydroxylation is 2. The summed E-state index contributed by atoms with van der Waals surface area (Å²) in [5.74, 6) is 0.911. The Bertz CT molecular complexity index is 1190.